The van der Waals surface area contributed by atoms with Gasteiger partial charge in [-0.15, -0.1) is 11.3 Å². The molecule has 34 heavy (non-hydrogen) atoms. The first kappa shape index (κ1) is 23.3. The maximum absolute atomic E-state index is 12.6. The minimum Gasteiger partial charge on any atom is -0.356 e. The molecule has 0 radical (unpaired) electrons. The van der Waals surface area contributed by atoms with E-state index in [0.717, 1.165) is 52.2 Å². The number of amides is 1. The number of anilines is 1. The first-order chi connectivity index (χ1) is 16.4. The molecule has 0 spiro atoms. The molecular formula is C25H26N4O2S3. The van der Waals surface area contributed by atoms with Gasteiger partial charge < -0.3 is 14.8 Å². The van der Waals surface area contributed by atoms with Crippen LogP contribution in [0.25, 0.3) is 11.3 Å². The summed E-state index contributed by atoms with van der Waals surface area (Å²) in [6, 6.07) is 13.8. The maximum atomic E-state index is 12.6. The van der Waals surface area contributed by atoms with Gasteiger partial charge in [-0.3, -0.25) is 9.59 Å². The minimum atomic E-state index is -0.106. The Kier molecular flexibility index (Phi) is 6.59. The normalized spacial score (nSPS) is 18.9. The van der Waals surface area contributed by atoms with Crippen molar-refractivity contribution in [2.24, 2.45) is 5.92 Å². The molecule has 2 aliphatic heterocycles. The molecule has 0 saturated carbocycles. The Balaban J connectivity index is 1.17. The lowest BCUT2D eigenvalue weighted by Crippen LogP contribution is -2.48. The van der Waals surface area contributed by atoms with Crippen LogP contribution in [0.4, 0.5) is 5.13 Å². The molecule has 1 saturated heterocycles. The molecule has 4 heterocycles. The fourth-order valence-corrected chi connectivity index (χ4v) is 6.68. The van der Waals surface area contributed by atoms with Crippen LogP contribution in [0.15, 0.2) is 47.3 Å². The lowest BCUT2D eigenvalue weighted by Gasteiger charge is -2.43. The van der Waals surface area contributed by atoms with Crippen molar-refractivity contribution in [3.63, 3.8) is 0 Å². The second kappa shape index (κ2) is 9.64. The summed E-state index contributed by atoms with van der Waals surface area (Å²) in [6.07, 6.45) is 1.08. The number of aromatic nitrogens is 2. The fraction of sp³-hybridized carbons (Fsp3) is 0.360. The number of carbonyl (C=O) groups is 1. The first-order valence-electron chi connectivity index (χ1n) is 11.3. The fourth-order valence-electron chi connectivity index (χ4n) is 4.85. The van der Waals surface area contributed by atoms with Gasteiger partial charge in [-0.25, -0.2) is 4.98 Å². The zero-order valence-corrected chi connectivity index (χ0v) is 21.6. The number of aryl methyl sites for hydroxylation is 2. The molecule has 176 valence electrons. The summed E-state index contributed by atoms with van der Waals surface area (Å²) < 4.78 is 2.66. The Bertz CT molecular complexity index is 1300. The molecule has 0 aliphatic carbocycles. The van der Waals surface area contributed by atoms with Crippen molar-refractivity contribution in [1.82, 2.24) is 14.5 Å². The standard InChI is InChI=1S/C25H26N4O2S3/c1-15-6-8-18(9-7-15)23-16(2)34-24(27-23)26-21(30)14-33-25(32)28-11-17-10-19(13-28)20-4-3-5-22(31)29(20)12-17/h3-9,17,19H,10-14H2,1-2H3,(H,26,27,30). The van der Waals surface area contributed by atoms with E-state index < -0.39 is 0 Å². The van der Waals surface area contributed by atoms with E-state index in [9.17, 15) is 9.59 Å². The average Bonchev–Trinajstić information content (AvgIpc) is 3.18. The molecule has 2 unspecified atom stereocenters. The zero-order chi connectivity index (χ0) is 23.8. The molecular weight excluding hydrogens is 485 g/mol. The number of nitrogens with zero attached hydrogens (tertiary/aromatic N) is 3. The summed E-state index contributed by atoms with van der Waals surface area (Å²) in [5.41, 5.74) is 4.34. The van der Waals surface area contributed by atoms with Crippen LogP contribution < -0.4 is 10.9 Å². The Morgan fingerprint density at radius 1 is 1.18 bits per heavy atom. The van der Waals surface area contributed by atoms with Crippen LogP contribution in [0.3, 0.4) is 0 Å². The third-order valence-corrected chi connectivity index (χ3v) is 8.84. The highest BCUT2D eigenvalue weighted by Gasteiger charge is 2.35. The van der Waals surface area contributed by atoms with Crippen molar-refractivity contribution in [2.45, 2.75) is 32.7 Å². The van der Waals surface area contributed by atoms with Crippen LogP contribution in [0.1, 0.15) is 28.5 Å². The van der Waals surface area contributed by atoms with Crippen molar-refractivity contribution >= 4 is 50.7 Å². The highest BCUT2D eigenvalue weighted by molar-refractivity contribution is 8.23. The molecule has 9 heteroatoms. The number of pyridine rings is 1. The lowest BCUT2D eigenvalue weighted by molar-refractivity contribution is -0.113. The van der Waals surface area contributed by atoms with Gasteiger partial charge in [-0.1, -0.05) is 59.9 Å². The monoisotopic (exact) mass is 510 g/mol. The minimum absolute atomic E-state index is 0.0808. The molecule has 2 atom stereocenters. The second-order valence-corrected chi connectivity index (χ2v) is 11.8. The lowest BCUT2D eigenvalue weighted by atomic mass is 9.83. The molecule has 1 fully saturated rings. The third kappa shape index (κ3) is 4.82. The van der Waals surface area contributed by atoms with Gasteiger partial charge >= 0.3 is 0 Å². The van der Waals surface area contributed by atoms with Gasteiger partial charge in [0.05, 0.1) is 11.4 Å². The molecule has 2 bridgehead atoms. The first-order valence-corrected chi connectivity index (χ1v) is 13.5. The van der Waals surface area contributed by atoms with E-state index in [1.165, 1.54) is 28.7 Å². The molecule has 2 aromatic heterocycles. The Morgan fingerprint density at radius 2 is 1.97 bits per heavy atom. The van der Waals surface area contributed by atoms with Crippen molar-refractivity contribution in [1.29, 1.82) is 0 Å². The summed E-state index contributed by atoms with van der Waals surface area (Å²) in [5, 5.41) is 3.54. The number of fused-ring (bicyclic) bond motifs is 4. The molecule has 5 rings (SSSR count). The Labute approximate surface area is 212 Å². The van der Waals surface area contributed by atoms with Crippen LogP contribution in [-0.2, 0) is 11.3 Å². The number of piperidine rings is 1. The quantitative estimate of drug-likeness (QED) is 0.515. The van der Waals surface area contributed by atoms with Gasteiger partial charge in [0.2, 0.25) is 5.91 Å². The summed E-state index contributed by atoms with van der Waals surface area (Å²) in [6.45, 7) is 6.44. The van der Waals surface area contributed by atoms with Gasteiger partial charge in [0.1, 0.15) is 4.32 Å². The average molecular weight is 511 g/mol. The molecule has 1 amide bonds. The number of rotatable bonds is 4. The molecule has 1 aromatic carbocycles. The zero-order valence-electron chi connectivity index (χ0n) is 19.1. The number of hydrogen-bond acceptors (Lipinski definition) is 6. The van der Waals surface area contributed by atoms with E-state index in [1.807, 2.05) is 17.6 Å². The van der Waals surface area contributed by atoms with Crippen molar-refractivity contribution in [3.05, 3.63) is 69.0 Å². The summed E-state index contributed by atoms with van der Waals surface area (Å²) >= 11 is 8.57. The van der Waals surface area contributed by atoms with Gasteiger partial charge in [0, 0.05) is 47.8 Å². The summed E-state index contributed by atoms with van der Waals surface area (Å²) in [5.74, 6) is 0.842. The number of carbonyl (C=O) groups excluding carboxylic acids is 1. The smallest absolute Gasteiger partial charge is 0.250 e. The van der Waals surface area contributed by atoms with Crippen LogP contribution in [0.5, 0.6) is 0 Å². The van der Waals surface area contributed by atoms with E-state index in [-0.39, 0.29) is 17.2 Å². The number of hydrogen-bond donors (Lipinski definition) is 1. The largest absolute Gasteiger partial charge is 0.356 e. The molecule has 1 N–H and O–H groups in total. The van der Waals surface area contributed by atoms with Crippen LogP contribution in [-0.4, -0.2) is 43.5 Å². The number of nitrogens with one attached hydrogen (secondary N) is 1. The number of likely N-dealkylation sites (tertiary alicyclic amines) is 1. The van der Waals surface area contributed by atoms with Crippen LogP contribution >= 0.6 is 35.3 Å². The van der Waals surface area contributed by atoms with Crippen LogP contribution in [0.2, 0.25) is 0 Å². The predicted molar refractivity (Wildman–Crippen MR) is 144 cm³/mol. The molecule has 2 aliphatic rings. The van der Waals surface area contributed by atoms with E-state index in [1.54, 1.807) is 6.07 Å². The van der Waals surface area contributed by atoms with E-state index in [4.69, 9.17) is 12.2 Å². The van der Waals surface area contributed by atoms with Crippen LogP contribution in [0, 0.1) is 19.8 Å². The van der Waals surface area contributed by atoms with Gasteiger partial charge in [-0.2, -0.15) is 0 Å². The maximum Gasteiger partial charge on any atom is 0.250 e. The van der Waals surface area contributed by atoms with E-state index >= 15 is 0 Å². The topological polar surface area (TPSA) is 67.2 Å². The number of benzene rings is 1. The van der Waals surface area contributed by atoms with Gasteiger partial charge in [-0.05, 0) is 32.3 Å². The van der Waals surface area contributed by atoms with Crippen molar-refractivity contribution < 1.29 is 4.79 Å². The van der Waals surface area contributed by atoms with Crippen molar-refractivity contribution in [3.8, 4) is 11.3 Å². The number of thiocarbonyl (C=S) groups is 1. The molecule has 6 nitrogen and oxygen atoms in total. The SMILES string of the molecule is Cc1ccc(-c2nc(NC(=O)CSC(=S)N3CC4CC(C3)c3cccc(=O)n3C4)sc2C)cc1. The van der Waals surface area contributed by atoms with E-state index in [0.29, 0.717) is 17.0 Å². The highest BCUT2D eigenvalue weighted by Crippen LogP contribution is 2.36. The van der Waals surface area contributed by atoms with Crippen molar-refractivity contribution in [2.75, 3.05) is 24.2 Å². The second-order valence-electron chi connectivity index (χ2n) is 9.00. The van der Waals surface area contributed by atoms with Gasteiger partial charge in [0.25, 0.3) is 5.56 Å². The number of thiazole rings is 1. The third-order valence-electron chi connectivity index (χ3n) is 6.43. The predicted octanol–water partition coefficient (Wildman–Crippen LogP) is 4.66. The van der Waals surface area contributed by atoms with Gasteiger partial charge in [0.15, 0.2) is 5.13 Å². The number of thioether (sulfide) groups is 1. The Morgan fingerprint density at radius 3 is 2.76 bits per heavy atom. The summed E-state index contributed by atoms with van der Waals surface area (Å²) in [4.78, 5) is 32.8. The Hall–Kier alpha value is -2.49. The highest BCUT2D eigenvalue weighted by atomic mass is 32.2. The molecule has 3 aromatic rings. The summed E-state index contributed by atoms with van der Waals surface area (Å²) in [7, 11) is 0. The van der Waals surface area contributed by atoms with E-state index in [2.05, 4.69) is 52.5 Å².